The molecule has 0 aliphatic heterocycles. The molecule has 0 aromatic heterocycles. The predicted octanol–water partition coefficient (Wildman–Crippen LogP) is 1.88. The minimum absolute atomic E-state index is 0.118. The second-order valence-electron chi connectivity index (χ2n) is 3.04. The minimum Gasteiger partial charge on any atom is -0.395 e. The van der Waals surface area contributed by atoms with E-state index in [1.165, 1.54) is 0 Å². The quantitative estimate of drug-likeness (QED) is 0.589. The summed E-state index contributed by atoms with van der Waals surface area (Å²) in [4.78, 5) is 0. The Balaban J connectivity index is 2.72. The van der Waals surface area contributed by atoms with Crippen LogP contribution in [0.1, 0.15) is 12.8 Å². The number of halogens is 3. The zero-order chi connectivity index (χ0) is 8.70. The van der Waals surface area contributed by atoms with Gasteiger partial charge in [0.2, 0.25) is 0 Å². The Morgan fingerprint density at radius 3 is 2.00 bits per heavy atom. The fourth-order valence-corrected chi connectivity index (χ4v) is 1.31. The highest BCUT2D eigenvalue weighted by Crippen LogP contribution is 2.54. The zero-order valence-electron chi connectivity index (χ0n) is 5.91. The second-order valence-corrected chi connectivity index (χ2v) is 3.04. The van der Waals surface area contributed by atoms with Crippen LogP contribution in [0.5, 0.6) is 0 Å². The number of hydrogen-bond acceptors (Lipinski definition) is 1. The lowest BCUT2D eigenvalue weighted by atomic mass is 9.66. The van der Waals surface area contributed by atoms with Gasteiger partial charge in [-0.15, -0.1) is 0 Å². The number of aliphatic hydroxyl groups excluding tert-OH is 1. The molecule has 0 aromatic rings. The summed E-state index contributed by atoms with van der Waals surface area (Å²) in [6, 6.07) is 0. The van der Waals surface area contributed by atoms with Crippen LogP contribution in [-0.2, 0) is 0 Å². The van der Waals surface area contributed by atoms with E-state index in [4.69, 9.17) is 5.11 Å². The third kappa shape index (κ3) is 1.15. The third-order valence-corrected chi connectivity index (χ3v) is 2.08. The fraction of sp³-hybridized carbons (Fsp3) is 0.714. The molecule has 1 saturated carbocycles. The van der Waals surface area contributed by atoms with Crippen molar-refractivity contribution >= 4 is 0 Å². The predicted molar refractivity (Wildman–Crippen MR) is 33.9 cm³/mol. The lowest BCUT2D eigenvalue weighted by molar-refractivity contribution is -0.249. The summed E-state index contributed by atoms with van der Waals surface area (Å²) in [6.07, 6.45) is -4.52. The molecule has 0 atom stereocenters. The average molecular weight is 166 g/mol. The molecule has 1 nitrogen and oxygen atoms in total. The average Bonchev–Trinajstić information content (AvgIpc) is 1.77. The molecule has 0 amide bonds. The summed E-state index contributed by atoms with van der Waals surface area (Å²) in [5, 5.41) is 8.53. The SMILES string of the molecule is C=C1CC(CO)(C(F)(F)F)C1. The van der Waals surface area contributed by atoms with Crippen molar-refractivity contribution in [2.75, 3.05) is 6.61 Å². The molecule has 4 heteroatoms. The lowest BCUT2D eigenvalue weighted by Gasteiger charge is -2.43. The van der Waals surface area contributed by atoms with E-state index < -0.39 is 18.2 Å². The Labute approximate surface area is 62.5 Å². The van der Waals surface area contributed by atoms with Gasteiger partial charge in [0.05, 0.1) is 12.0 Å². The van der Waals surface area contributed by atoms with Crippen LogP contribution in [0.4, 0.5) is 13.2 Å². The number of allylic oxidation sites excluding steroid dienone is 1. The van der Waals surface area contributed by atoms with Crippen LogP contribution in [0.15, 0.2) is 12.2 Å². The van der Waals surface area contributed by atoms with E-state index >= 15 is 0 Å². The number of rotatable bonds is 1. The molecule has 11 heavy (non-hydrogen) atoms. The van der Waals surface area contributed by atoms with E-state index in [0.29, 0.717) is 5.57 Å². The molecule has 1 fully saturated rings. The van der Waals surface area contributed by atoms with Crippen molar-refractivity contribution in [3.63, 3.8) is 0 Å². The summed E-state index contributed by atoms with van der Waals surface area (Å²) >= 11 is 0. The van der Waals surface area contributed by atoms with Gasteiger partial charge in [-0.2, -0.15) is 13.2 Å². The first-order chi connectivity index (χ1) is 4.91. The molecule has 1 aliphatic carbocycles. The Kier molecular flexibility index (Phi) is 1.75. The summed E-state index contributed by atoms with van der Waals surface area (Å²) in [6.45, 7) is 2.58. The van der Waals surface area contributed by atoms with Crippen molar-refractivity contribution < 1.29 is 18.3 Å². The monoisotopic (exact) mass is 166 g/mol. The first-order valence-electron chi connectivity index (χ1n) is 3.25. The van der Waals surface area contributed by atoms with Crippen molar-refractivity contribution in [3.8, 4) is 0 Å². The van der Waals surface area contributed by atoms with E-state index in [9.17, 15) is 13.2 Å². The van der Waals surface area contributed by atoms with Crippen molar-refractivity contribution in [2.24, 2.45) is 5.41 Å². The van der Waals surface area contributed by atoms with Crippen LogP contribution in [0.3, 0.4) is 0 Å². The van der Waals surface area contributed by atoms with Crippen LogP contribution in [0.2, 0.25) is 0 Å². The van der Waals surface area contributed by atoms with Crippen LogP contribution in [-0.4, -0.2) is 17.9 Å². The maximum atomic E-state index is 12.1. The van der Waals surface area contributed by atoms with E-state index in [-0.39, 0.29) is 12.8 Å². The van der Waals surface area contributed by atoms with E-state index in [0.717, 1.165) is 0 Å². The molecule has 1 aliphatic rings. The smallest absolute Gasteiger partial charge is 0.395 e. The van der Waals surface area contributed by atoms with Gasteiger partial charge in [0, 0.05) is 0 Å². The second kappa shape index (κ2) is 2.24. The number of aliphatic hydroxyl groups is 1. The third-order valence-electron chi connectivity index (χ3n) is 2.08. The Bertz CT molecular complexity index is 175. The molecular formula is C7H9F3O. The Hall–Kier alpha value is -0.510. The number of alkyl halides is 3. The molecule has 0 bridgehead atoms. The standard InChI is InChI=1S/C7H9F3O/c1-5-2-6(3-5,4-11)7(8,9)10/h11H,1-4H2. The zero-order valence-corrected chi connectivity index (χ0v) is 5.91. The van der Waals surface area contributed by atoms with Crippen molar-refractivity contribution in [2.45, 2.75) is 19.0 Å². The highest BCUT2D eigenvalue weighted by molar-refractivity contribution is 5.17. The Morgan fingerprint density at radius 2 is 1.91 bits per heavy atom. The summed E-state index contributed by atoms with van der Waals surface area (Å²) in [5.74, 6) is 0. The van der Waals surface area contributed by atoms with E-state index in [2.05, 4.69) is 6.58 Å². The molecular weight excluding hydrogens is 157 g/mol. The van der Waals surface area contributed by atoms with Gasteiger partial charge in [-0.05, 0) is 12.8 Å². The summed E-state index contributed by atoms with van der Waals surface area (Å²) < 4.78 is 36.4. The van der Waals surface area contributed by atoms with Crippen LogP contribution < -0.4 is 0 Å². The molecule has 0 unspecified atom stereocenters. The van der Waals surface area contributed by atoms with Gasteiger partial charge in [0.1, 0.15) is 0 Å². The normalized spacial score (nSPS) is 23.1. The topological polar surface area (TPSA) is 20.2 Å². The first kappa shape index (κ1) is 8.59. The van der Waals surface area contributed by atoms with Crippen molar-refractivity contribution in [1.29, 1.82) is 0 Å². The molecule has 64 valence electrons. The van der Waals surface area contributed by atoms with Crippen LogP contribution in [0.25, 0.3) is 0 Å². The maximum absolute atomic E-state index is 12.1. The first-order valence-corrected chi connectivity index (χ1v) is 3.25. The largest absolute Gasteiger partial charge is 0.397 e. The van der Waals surface area contributed by atoms with Gasteiger partial charge >= 0.3 is 6.18 Å². The molecule has 1 N–H and O–H groups in total. The summed E-state index contributed by atoms with van der Waals surface area (Å²) in [5.41, 5.74) is -1.30. The molecule has 0 radical (unpaired) electrons. The van der Waals surface area contributed by atoms with Crippen LogP contribution >= 0.6 is 0 Å². The molecule has 0 saturated heterocycles. The van der Waals surface area contributed by atoms with Gasteiger partial charge < -0.3 is 5.11 Å². The molecule has 1 rings (SSSR count). The van der Waals surface area contributed by atoms with Gasteiger partial charge in [0.25, 0.3) is 0 Å². The fourth-order valence-electron chi connectivity index (χ4n) is 1.31. The maximum Gasteiger partial charge on any atom is 0.397 e. The summed E-state index contributed by atoms with van der Waals surface area (Å²) in [7, 11) is 0. The molecule has 0 spiro atoms. The van der Waals surface area contributed by atoms with Crippen molar-refractivity contribution in [3.05, 3.63) is 12.2 Å². The minimum atomic E-state index is -4.29. The van der Waals surface area contributed by atoms with Gasteiger partial charge in [-0.1, -0.05) is 12.2 Å². The van der Waals surface area contributed by atoms with Gasteiger partial charge in [-0.25, -0.2) is 0 Å². The van der Waals surface area contributed by atoms with Gasteiger partial charge in [0.15, 0.2) is 0 Å². The van der Waals surface area contributed by atoms with E-state index in [1.807, 2.05) is 0 Å². The highest BCUT2D eigenvalue weighted by Gasteiger charge is 2.59. The lowest BCUT2D eigenvalue weighted by Crippen LogP contribution is -2.47. The Morgan fingerprint density at radius 1 is 1.45 bits per heavy atom. The van der Waals surface area contributed by atoms with Crippen molar-refractivity contribution in [1.82, 2.24) is 0 Å². The molecule has 0 heterocycles. The van der Waals surface area contributed by atoms with Crippen LogP contribution in [0, 0.1) is 5.41 Å². The molecule has 0 aromatic carbocycles. The highest BCUT2D eigenvalue weighted by atomic mass is 19.4. The van der Waals surface area contributed by atoms with Gasteiger partial charge in [-0.3, -0.25) is 0 Å². The van der Waals surface area contributed by atoms with E-state index in [1.54, 1.807) is 0 Å². The number of hydrogen-bond donors (Lipinski definition) is 1.